The lowest BCUT2D eigenvalue weighted by molar-refractivity contribution is -0.118. The Morgan fingerprint density at radius 3 is 2.76 bits per heavy atom. The van der Waals surface area contributed by atoms with Crippen molar-refractivity contribution >= 4 is 23.4 Å². The van der Waals surface area contributed by atoms with E-state index in [1.54, 1.807) is 0 Å². The number of primary amides is 1. The molecule has 0 unspecified atom stereocenters. The van der Waals surface area contributed by atoms with E-state index in [0.29, 0.717) is 25.8 Å². The minimum atomic E-state index is -0.336. The van der Waals surface area contributed by atoms with Gasteiger partial charge in [0.1, 0.15) is 10.8 Å². The van der Waals surface area contributed by atoms with Gasteiger partial charge >= 0.3 is 0 Å². The number of nitrogens with one attached hydrogen (secondary N) is 1. The molecule has 6 nitrogen and oxygen atoms in total. The van der Waals surface area contributed by atoms with Crippen molar-refractivity contribution in [1.82, 2.24) is 15.3 Å². The summed E-state index contributed by atoms with van der Waals surface area (Å²) in [6.45, 7) is 0.459. The van der Waals surface area contributed by atoms with Crippen LogP contribution < -0.4 is 11.1 Å². The molecule has 1 rings (SSSR count). The van der Waals surface area contributed by atoms with Crippen LogP contribution in [0.5, 0.6) is 0 Å². The molecule has 0 aliphatic heterocycles. The van der Waals surface area contributed by atoms with Gasteiger partial charge in [0.15, 0.2) is 0 Å². The number of nitrogens with zero attached hydrogens (tertiary/aromatic N) is 2. The lowest BCUT2D eigenvalue weighted by Gasteiger charge is -2.03. The first-order valence-electron chi connectivity index (χ1n) is 5.13. The van der Waals surface area contributed by atoms with Gasteiger partial charge in [0, 0.05) is 13.0 Å². The van der Waals surface area contributed by atoms with Crippen LogP contribution in [0.25, 0.3) is 0 Å². The van der Waals surface area contributed by atoms with Crippen molar-refractivity contribution in [2.24, 2.45) is 5.73 Å². The molecule has 0 saturated heterocycles. The van der Waals surface area contributed by atoms with Gasteiger partial charge in [-0.15, -0.1) is 0 Å². The summed E-state index contributed by atoms with van der Waals surface area (Å²) in [7, 11) is 0. The number of hydrogen-bond acceptors (Lipinski definition) is 4. The number of carbonyl (C=O) groups excluding carboxylic acids is 2. The van der Waals surface area contributed by atoms with Crippen LogP contribution in [0.2, 0.25) is 5.15 Å². The van der Waals surface area contributed by atoms with E-state index in [4.69, 9.17) is 17.3 Å². The Labute approximate surface area is 104 Å². The van der Waals surface area contributed by atoms with Crippen LogP contribution in [-0.2, 0) is 4.79 Å². The fourth-order valence-corrected chi connectivity index (χ4v) is 1.32. The maximum Gasteiger partial charge on any atom is 0.271 e. The van der Waals surface area contributed by atoms with E-state index in [1.807, 2.05) is 0 Å². The zero-order chi connectivity index (χ0) is 12.7. The van der Waals surface area contributed by atoms with Crippen LogP contribution in [0, 0.1) is 0 Å². The number of aromatic nitrogens is 2. The number of nitrogens with two attached hydrogens (primary N) is 1. The van der Waals surface area contributed by atoms with Gasteiger partial charge in [-0.05, 0) is 12.8 Å². The van der Waals surface area contributed by atoms with Crippen molar-refractivity contribution in [2.45, 2.75) is 19.3 Å². The highest BCUT2D eigenvalue weighted by Gasteiger charge is 2.07. The molecule has 1 aromatic heterocycles. The number of amides is 2. The van der Waals surface area contributed by atoms with Gasteiger partial charge < -0.3 is 11.1 Å². The van der Waals surface area contributed by atoms with Crippen molar-refractivity contribution in [3.05, 3.63) is 23.2 Å². The van der Waals surface area contributed by atoms with Gasteiger partial charge in [-0.1, -0.05) is 11.6 Å². The highest BCUT2D eigenvalue weighted by molar-refractivity contribution is 6.29. The Hall–Kier alpha value is -1.69. The largest absolute Gasteiger partial charge is 0.370 e. The minimum absolute atomic E-state index is 0.173. The summed E-state index contributed by atoms with van der Waals surface area (Å²) in [6, 6.07) is 0. The van der Waals surface area contributed by atoms with Crippen LogP contribution in [0.3, 0.4) is 0 Å². The predicted molar refractivity (Wildman–Crippen MR) is 62.4 cm³/mol. The molecule has 0 aliphatic rings. The van der Waals surface area contributed by atoms with E-state index in [2.05, 4.69) is 15.3 Å². The van der Waals surface area contributed by atoms with Crippen molar-refractivity contribution in [2.75, 3.05) is 6.54 Å². The number of carbonyl (C=O) groups is 2. The second-order valence-electron chi connectivity index (χ2n) is 3.41. The molecule has 0 radical (unpaired) electrons. The van der Waals surface area contributed by atoms with Crippen LogP contribution >= 0.6 is 11.6 Å². The lowest BCUT2D eigenvalue weighted by Crippen LogP contribution is -2.25. The van der Waals surface area contributed by atoms with Crippen molar-refractivity contribution in [3.8, 4) is 0 Å². The van der Waals surface area contributed by atoms with Crippen LogP contribution in [0.4, 0.5) is 0 Å². The predicted octanol–water partition coefficient (Wildman–Crippen LogP) is 0.515. The molecule has 7 heteroatoms. The van der Waals surface area contributed by atoms with E-state index in [1.165, 1.54) is 12.4 Å². The fraction of sp³-hybridized carbons (Fsp3) is 0.400. The molecule has 1 heterocycles. The zero-order valence-corrected chi connectivity index (χ0v) is 9.91. The first-order valence-corrected chi connectivity index (χ1v) is 5.51. The van der Waals surface area contributed by atoms with Gasteiger partial charge in [-0.2, -0.15) is 0 Å². The van der Waals surface area contributed by atoms with E-state index in [0.717, 1.165) is 0 Å². The molecule has 0 saturated carbocycles. The van der Waals surface area contributed by atoms with E-state index in [-0.39, 0.29) is 22.7 Å². The average Bonchev–Trinajstić information content (AvgIpc) is 2.28. The Kier molecular flexibility index (Phi) is 5.35. The molecule has 2 amide bonds. The summed E-state index contributed by atoms with van der Waals surface area (Å²) >= 11 is 5.60. The van der Waals surface area contributed by atoms with Crippen molar-refractivity contribution in [3.63, 3.8) is 0 Å². The summed E-state index contributed by atoms with van der Waals surface area (Å²) < 4.78 is 0. The second kappa shape index (κ2) is 6.80. The number of hydrogen-bond donors (Lipinski definition) is 2. The van der Waals surface area contributed by atoms with E-state index < -0.39 is 0 Å². The first kappa shape index (κ1) is 13.4. The Morgan fingerprint density at radius 1 is 1.35 bits per heavy atom. The normalized spacial score (nSPS) is 9.94. The smallest absolute Gasteiger partial charge is 0.271 e. The van der Waals surface area contributed by atoms with Crippen molar-refractivity contribution in [1.29, 1.82) is 0 Å². The first-order chi connectivity index (χ1) is 8.09. The monoisotopic (exact) mass is 256 g/mol. The summed E-state index contributed by atoms with van der Waals surface area (Å²) in [5.74, 6) is -0.670. The van der Waals surface area contributed by atoms with Gasteiger partial charge in [0.25, 0.3) is 5.91 Å². The molecule has 0 bridgehead atoms. The molecule has 0 aromatic carbocycles. The second-order valence-corrected chi connectivity index (χ2v) is 3.79. The third-order valence-corrected chi connectivity index (χ3v) is 2.16. The van der Waals surface area contributed by atoms with Gasteiger partial charge in [0.2, 0.25) is 5.91 Å². The van der Waals surface area contributed by atoms with Crippen LogP contribution in [0.1, 0.15) is 29.8 Å². The van der Waals surface area contributed by atoms with Gasteiger partial charge in [-0.3, -0.25) is 14.6 Å². The molecule has 3 N–H and O–H groups in total. The molecular weight excluding hydrogens is 244 g/mol. The molecule has 17 heavy (non-hydrogen) atoms. The zero-order valence-electron chi connectivity index (χ0n) is 9.15. The maximum absolute atomic E-state index is 11.5. The number of halogens is 1. The molecule has 92 valence electrons. The SMILES string of the molecule is NC(=O)CCCCNC(=O)c1cncc(Cl)n1. The quantitative estimate of drug-likeness (QED) is 0.725. The highest BCUT2D eigenvalue weighted by atomic mass is 35.5. The molecular formula is C10H13ClN4O2. The molecule has 0 fully saturated rings. The molecule has 0 spiro atoms. The Balaban J connectivity index is 2.28. The van der Waals surface area contributed by atoms with Crippen molar-refractivity contribution < 1.29 is 9.59 Å². The minimum Gasteiger partial charge on any atom is -0.370 e. The van der Waals surface area contributed by atoms with Crippen LogP contribution in [-0.4, -0.2) is 28.3 Å². The van der Waals surface area contributed by atoms with E-state index >= 15 is 0 Å². The topological polar surface area (TPSA) is 98.0 Å². The Bertz CT molecular complexity index is 411. The fourth-order valence-electron chi connectivity index (χ4n) is 1.17. The molecule has 0 aliphatic carbocycles. The summed E-state index contributed by atoms with van der Waals surface area (Å²) in [6.07, 6.45) is 4.35. The standard InChI is InChI=1S/C10H13ClN4O2/c11-8-6-13-5-7(15-8)10(17)14-4-2-1-3-9(12)16/h5-6H,1-4H2,(H2,12,16)(H,14,17). The summed E-state index contributed by atoms with van der Waals surface area (Å²) in [5, 5.41) is 2.82. The Morgan fingerprint density at radius 2 is 2.12 bits per heavy atom. The summed E-state index contributed by atoms with van der Waals surface area (Å²) in [4.78, 5) is 29.6. The maximum atomic E-state index is 11.5. The third kappa shape index (κ3) is 5.26. The van der Waals surface area contributed by atoms with Gasteiger partial charge in [0.05, 0.1) is 12.4 Å². The molecule has 0 atom stereocenters. The highest BCUT2D eigenvalue weighted by Crippen LogP contribution is 2.02. The molecule has 1 aromatic rings. The third-order valence-electron chi connectivity index (χ3n) is 1.97. The van der Waals surface area contributed by atoms with Gasteiger partial charge in [-0.25, -0.2) is 4.98 Å². The lowest BCUT2D eigenvalue weighted by atomic mass is 10.2. The number of unbranched alkanes of at least 4 members (excludes halogenated alkanes) is 1. The van der Waals surface area contributed by atoms with E-state index in [9.17, 15) is 9.59 Å². The van der Waals surface area contributed by atoms with Crippen LogP contribution in [0.15, 0.2) is 12.4 Å². The average molecular weight is 257 g/mol. The number of rotatable bonds is 6. The summed E-state index contributed by atoms with van der Waals surface area (Å²) in [5.41, 5.74) is 5.16.